The number of nitrogens with zero attached hydrogens (tertiary/aromatic N) is 3. The molecule has 1 saturated heterocycles. The fourth-order valence-corrected chi connectivity index (χ4v) is 2.89. The van der Waals surface area contributed by atoms with Gasteiger partial charge >= 0.3 is 6.09 Å². The van der Waals surface area contributed by atoms with Gasteiger partial charge in [0, 0.05) is 26.1 Å². The Labute approximate surface area is 144 Å². The van der Waals surface area contributed by atoms with E-state index >= 15 is 0 Å². The van der Waals surface area contributed by atoms with E-state index in [4.69, 9.17) is 9.26 Å². The topological polar surface area (TPSA) is 80.5 Å². The van der Waals surface area contributed by atoms with Crippen LogP contribution >= 0.6 is 0 Å². The number of carbonyl (C=O) groups excluding carboxylic acids is 1. The third kappa shape index (κ3) is 5.47. The van der Waals surface area contributed by atoms with E-state index in [2.05, 4.69) is 22.4 Å². The zero-order chi connectivity index (χ0) is 17.7. The second-order valence-electron chi connectivity index (χ2n) is 7.39. The van der Waals surface area contributed by atoms with Crippen molar-refractivity contribution in [3.05, 3.63) is 11.7 Å². The van der Waals surface area contributed by atoms with E-state index in [1.54, 1.807) is 6.92 Å². The Hall–Kier alpha value is -1.63. The third-order valence-corrected chi connectivity index (χ3v) is 4.08. The van der Waals surface area contributed by atoms with Crippen LogP contribution in [0.1, 0.15) is 71.1 Å². The number of rotatable bonds is 4. The first-order valence-electron chi connectivity index (χ1n) is 8.82. The second-order valence-corrected chi connectivity index (χ2v) is 7.39. The molecule has 1 amide bonds. The normalized spacial score (nSPS) is 20.5. The lowest BCUT2D eigenvalue weighted by atomic mass is 10.1. The minimum absolute atomic E-state index is 0.0838. The van der Waals surface area contributed by atoms with Crippen LogP contribution < -0.4 is 5.32 Å². The van der Waals surface area contributed by atoms with Crippen LogP contribution in [-0.2, 0) is 4.74 Å². The van der Waals surface area contributed by atoms with Crippen molar-refractivity contribution in [2.24, 2.45) is 0 Å². The molecule has 0 spiro atoms. The lowest BCUT2D eigenvalue weighted by molar-refractivity contribution is 0.0256. The summed E-state index contributed by atoms with van der Waals surface area (Å²) in [5, 5.41) is 7.65. The largest absolute Gasteiger partial charge is 0.444 e. The van der Waals surface area contributed by atoms with Gasteiger partial charge in [-0.25, -0.2) is 4.79 Å². The predicted octanol–water partition coefficient (Wildman–Crippen LogP) is 3.21. The zero-order valence-corrected chi connectivity index (χ0v) is 15.5. The molecule has 1 N–H and O–H groups in total. The van der Waals surface area contributed by atoms with Crippen LogP contribution in [0.2, 0.25) is 0 Å². The molecule has 0 bridgehead atoms. The summed E-state index contributed by atoms with van der Waals surface area (Å²) in [5.41, 5.74) is -0.454. The van der Waals surface area contributed by atoms with E-state index in [-0.39, 0.29) is 12.1 Å². The Morgan fingerprint density at radius 1 is 1.42 bits per heavy atom. The number of amides is 1. The summed E-state index contributed by atoms with van der Waals surface area (Å²) in [6, 6.07) is 0.418. The molecule has 2 rings (SSSR count). The summed E-state index contributed by atoms with van der Waals surface area (Å²) < 4.78 is 10.6. The van der Waals surface area contributed by atoms with Crippen molar-refractivity contribution in [2.45, 2.75) is 78.0 Å². The molecule has 1 aliphatic rings. The Morgan fingerprint density at radius 3 is 2.75 bits per heavy atom. The van der Waals surface area contributed by atoms with E-state index in [1.165, 1.54) is 0 Å². The summed E-state index contributed by atoms with van der Waals surface area (Å²) >= 11 is 0. The van der Waals surface area contributed by atoms with E-state index in [1.807, 2.05) is 25.7 Å². The van der Waals surface area contributed by atoms with Gasteiger partial charge in [0.1, 0.15) is 5.60 Å². The Bertz CT molecular complexity index is 538. The van der Waals surface area contributed by atoms with E-state index in [9.17, 15) is 4.79 Å². The monoisotopic (exact) mass is 338 g/mol. The number of hydrogen-bond acceptors (Lipinski definition) is 6. The molecule has 0 unspecified atom stereocenters. The van der Waals surface area contributed by atoms with Gasteiger partial charge in [0.25, 0.3) is 0 Å². The van der Waals surface area contributed by atoms with Gasteiger partial charge in [-0.1, -0.05) is 12.1 Å². The molecular formula is C17H30N4O3. The average molecular weight is 338 g/mol. The van der Waals surface area contributed by atoms with Crippen molar-refractivity contribution in [3.8, 4) is 0 Å². The molecule has 0 aromatic carbocycles. The van der Waals surface area contributed by atoms with Gasteiger partial charge in [0.2, 0.25) is 5.89 Å². The number of nitrogens with one attached hydrogen (secondary N) is 1. The molecule has 0 radical (unpaired) electrons. The maximum Gasteiger partial charge on any atom is 0.410 e. The molecular weight excluding hydrogens is 308 g/mol. The van der Waals surface area contributed by atoms with Crippen molar-refractivity contribution < 1.29 is 14.1 Å². The highest BCUT2D eigenvalue weighted by atomic mass is 16.6. The second kappa shape index (κ2) is 7.96. The van der Waals surface area contributed by atoms with E-state index < -0.39 is 5.60 Å². The number of aromatic nitrogens is 2. The molecule has 0 aliphatic carbocycles. The Morgan fingerprint density at radius 2 is 2.17 bits per heavy atom. The third-order valence-electron chi connectivity index (χ3n) is 4.08. The highest BCUT2D eigenvalue weighted by molar-refractivity contribution is 5.68. The molecule has 7 nitrogen and oxygen atoms in total. The minimum Gasteiger partial charge on any atom is -0.444 e. The minimum atomic E-state index is -0.454. The van der Waals surface area contributed by atoms with Crippen LogP contribution in [0.3, 0.4) is 0 Å². The number of carbonyl (C=O) groups is 1. The quantitative estimate of drug-likeness (QED) is 0.908. The first kappa shape index (κ1) is 18.7. The number of aryl methyl sites for hydroxylation is 1. The van der Waals surface area contributed by atoms with Crippen LogP contribution in [0.5, 0.6) is 0 Å². The molecule has 1 fully saturated rings. The summed E-state index contributed by atoms with van der Waals surface area (Å²) in [7, 11) is 0. The van der Waals surface area contributed by atoms with Crippen molar-refractivity contribution in [2.75, 3.05) is 13.1 Å². The number of likely N-dealkylation sites (tertiary alicyclic amines) is 1. The standard InChI is InChI=1S/C17H30N4O3/c1-6-14(15-18-12(2)24-20-15)19-13-8-7-10-21(11-9-13)16(22)23-17(3,4)5/h13-14,19H,6-11H2,1-5H3/t13-,14-/m0/s1. The summed E-state index contributed by atoms with van der Waals surface area (Å²) in [6.07, 6.45) is 3.55. The molecule has 1 aromatic rings. The first-order chi connectivity index (χ1) is 11.3. The average Bonchev–Trinajstić information content (AvgIpc) is 2.78. The summed E-state index contributed by atoms with van der Waals surface area (Å²) in [4.78, 5) is 18.4. The van der Waals surface area contributed by atoms with Crippen LogP contribution in [0, 0.1) is 6.92 Å². The van der Waals surface area contributed by atoms with Gasteiger partial charge in [-0.05, 0) is 46.5 Å². The van der Waals surface area contributed by atoms with Gasteiger partial charge in [-0.3, -0.25) is 0 Å². The van der Waals surface area contributed by atoms with Crippen molar-refractivity contribution in [1.29, 1.82) is 0 Å². The first-order valence-corrected chi connectivity index (χ1v) is 8.82. The molecule has 1 aromatic heterocycles. The fraction of sp³-hybridized carbons (Fsp3) is 0.824. The van der Waals surface area contributed by atoms with Crippen LogP contribution in [0.25, 0.3) is 0 Å². The lowest BCUT2D eigenvalue weighted by Gasteiger charge is -2.26. The Kier molecular flexibility index (Phi) is 6.21. The molecule has 2 atom stereocenters. The van der Waals surface area contributed by atoms with Crippen LogP contribution in [-0.4, -0.2) is 45.9 Å². The van der Waals surface area contributed by atoms with Gasteiger partial charge in [0.15, 0.2) is 5.82 Å². The van der Waals surface area contributed by atoms with Crippen molar-refractivity contribution >= 4 is 6.09 Å². The smallest absolute Gasteiger partial charge is 0.410 e. The zero-order valence-electron chi connectivity index (χ0n) is 15.5. The highest BCUT2D eigenvalue weighted by Crippen LogP contribution is 2.20. The predicted molar refractivity (Wildman–Crippen MR) is 90.6 cm³/mol. The molecule has 2 heterocycles. The van der Waals surface area contributed by atoms with E-state index in [0.717, 1.165) is 32.2 Å². The molecule has 24 heavy (non-hydrogen) atoms. The molecule has 1 aliphatic heterocycles. The number of ether oxygens (including phenoxy) is 1. The van der Waals surface area contributed by atoms with Gasteiger partial charge in [-0.2, -0.15) is 4.98 Å². The Balaban J connectivity index is 1.89. The van der Waals surface area contributed by atoms with Gasteiger partial charge in [-0.15, -0.1) is 0 Å². The van der Waals surface area contributed by atoms with Crippen molar-refractivity contribution in [1.82, 2.24) is 20.4 Å². The van der Waals surface area contributed by atoms with E-state index in [0.29, 0.717) is 24.3 Å². The van der Waals surface area contributed by atoms with Crippen LogP contribution in [0.4, 0.5) is 4.79 Å². The fourth-order valence-electron chi connectivity index (χ4n) is 2.89. The van der Waals surface area contributed by atoms with Gasteiger partial charge in [0.05, 0.1) is 6.04 Å². The van der Waals surface area contributed by atoms with Crippen LogP contribution in [0.15, 0.2) is 4.52 Å². The maximum atomic E-state index is 12.2. The number of hydrogen-bond donors (Lipinski definition) is 1. The van der Waals surface area contributed by atoms with Gasteiger partial charge < -0.3 is 19.5 Å². The SMILES string of the molecule is CC[C@H](N[C@H]1CCCN(C(=O)OC(C)(C)C)CC1)c1noc(C)n1. The molecule has 0 saturated carbocycles. The maximum absolute atomic E-state index is 12.2. The van der Waals surface area contributed by atoms with Crippen molar-refractivity contribution in [3.63, 3.8) is 0 Å². The summed E-state index contributed by atoms with van der Waals surface area (Å²) in [5.74, 6) is 1.30. The molecule has 136 valence electrons. The molecule has 7 heteroatoms. The lowest BCUT2D eigenvalue weighted by Crippen LogP contribution is -2.38. The highest BCUT2D eigenvalue weighted by Gasteiger charge is 2.27. The summed E-state index contributed by atoms with van der Waals surface area (Å²) in [6.45, 7) is 11.0.